The molecule has 0 unspecified atom stereocenters. The van der Waals surface area contributed by atoms with Gasteiger partial charge >= 0.3 is 5.97 Å². The molecule has 38 heavy (non-hydrogen) atoms. The monoisotopic (exact) mass is 535 g/mol. The van der Waals surface area contributed by atoms with Crippen LogP contribution in [0.15, 0.2) is 69.6 Å². The molecule has 1 aliphatic heterocycles. The van der Waals surface area contributed by atoms with Crippen molar-refractivity contribution in [2.75, 3.05) is 26.8 Å². The lowest BCUT2D eigenvalue weighted by Gasteiger charge is -2.29. The predicted molar refractivity (Wildman–Crippen MR) is 144 cm³/mol. The molecule has 2 aromatic carbocycles. The van der Waals surface area contributed by atoms with E-state index in [2.05, 4.69) is 4.99 Å². The van der Waals surface area contributed by atoms with Gasteiger partial charge in [-0.25, -0.2) is 9.79 Å². The summed E-state index contributed by atoms with van der Waals surface area (Å²) < 4.78 is 12.8. The van der Waals surface area contributed by atoms with E-state index in [9.17, 15) is 14.4 Å². The van der Waals surface area contributed by atoms with Crippen molar-refractivity contribution in [3.8, 4) is 11.5 Å². The highest BCUT2D eigenvalue weighted by Crippen LogP contribution is 2.36. The van der Waals surface area contributed by atoms with Gasteiger partial charge in [0.1, 0.15) is 17.5 Å². The number of aliphatic carboxylic acids is 1. The highest BCUT2D eigenvalue weighted by Gasteiger charge is 2.35. The SMILES string of the molecule is CCN(CC)C(=O)C1=C(C)N=c2s/c(=C/c3ccc(OCC(=O)O)cc3)c(=O)n2[C@@H]1c1ccccc1OC. The van der Waals surface area contributed by atoms with Gasteiger partial charge in [0.05, 0.1) is 22.9 Å². The standard InChI is InChI=1S/C28H29N3O6S/c1-5-30(6-2)27(35)24-17(3)29-28-31(25(24)20-9-7-8-10-21(20)36-4)26(34)22(38-28)15-18-11-13-19(14-12-18)37-16-23(32)33/h7-15,25H,5-6,16H2,1-4H3,(H,32,33)/b22-15+/t25-/m1/s1. The molecule has 198 valence electrons. The first-order valence-electron chi connectivity index (χ1n) is 12.2. The van der Waals surface area contributed by atoms with Crippen molar-refractivity contribution in [2.45, 2.75) is 26.8 Å². The first-order valence-corrected chi connectivity index (χ1v) is 13.0. The summed E-state index contributed by atoms with van der Waals surface area (Å²) in [5, 5.41) is 8.79. The topological polar surface area (TPSA) is 110 Å². The smallest absolute Gasteiger partial charge is 0.341 e. The van der Waals surface area contributed by atoms with Gasteiger partial charge in [0, 0.05) is 18.7 Å². The van der Waals surface area contributed by atoms with E-state index in [4.69, 9.17) is 14.6 Å². The third-order valence-electron chi connectivity index (χ3n) is 6.28. The van der Waals surface area contributed by atoms with Crippen molar-refractivity contribution in [1.29, 1.82) is 0 Å². The average molecular weight is 536 g/mol. The van der Waals surface area contributed by atoms with Crippen molar-refractivity contribution in [3.63, 3.8) is 0 Å². The van der Waals surface area contributed by atoms with E-state index in [1.807, 2.05) is 38.1 Å². The Labute approximate surface area is 223 Å². The van der Waals surface area contributed by atoms with Gasteiger partial charge in [-0.2, -0.15) is 0 Å². The highest BCUT2D eigenvalue weighted by molar-refractivity contribution is 7.07. The molecule has 9 nitrogen and oxygen atoms in total. The molecule has 0 fully saturated rings. The van der Waals surface area contributed by atoms with Crippen LogP contribution in [0, 0.1) is 0 Å². The molecule has 0 saturated carbocycles. The van der Waals surface area contributed by atoms with Gasteiger partial charge in [-0.3, -0.25) is 14.2 Å². The fourth-order valence-electron chi connectivity index (χ4n) is 4.42. The first-order chi connectivity index (χ1) is 18.3. The zero-order valence-electron chi connectivity index (χ0n) is 21.6. The number of carboxylic acids is 1. The second-order valence-corrected chi connectivity index (χ2v) is 9.56. The van der Waals surface area contributed by atoms with Crippen LogP contribution in [-0.4, -0.2) is 53.3 Å². The molecule has 1 atom stereocenters. The number of benzene rings is 2. The summed E-state index contributed by atoms with van der Waals surface area (Å²) in [6, 6.07) is 13.5. The summed E-state index contributed by atoms with van der Waals surface area (Å²) in [5.41, 5.74) is 2.17. The average Bonchev–Trinajstić information content (AvgIpc) is 3.22. The van der Waals surface area contributed by atoms with Crippen LogP contribution in [0.3, 0.4) is 0 Å². The molecule has 0 bridgehead atoms. The van der Waals surface area contributed by atoms with E-state index in [1.54, 1.807) is 53.8 Å². The third-order valence-corrected chi connectivity index (χ3v) is 7.26. The lowest BCUT2D eigenvalue weighted by Crippen LogP contribution is -2.43. The number of aromatic nitrogens is 1. The molecule has 0 saturated heterocycles. The molecule has 1 aromatic heterocycles. The number of amides is 1. The Kier molecular flexibility index (Phi) is 8.11. The predicted octanol–water partition coefficient (Wildman–Crippen LogP) is 2.58. The molecule has 0 radical (unpaired) electrons. The second-order valence-electron chi connectivity index (χ2n) is 8.55. The zero-order valence-corrected chi connectivity index (χ0v) is 22.4. The van der Waals surface area contributed by atoms with Crippen LogP contribution in [0.2, 0.25) is 0 Å². The van der Waals surface area contributed by atoms with Crippen LogP contribution >= 0.6 is 11.3 Å². The fourth-order valence-corrected chi connectivity index (χ4v) is 5.47. The van der Waals surface area contributed by atoms with Gasteiger partial charge in [-0.1, -0.05) is 41.7 Å². The number of nitrogens with zero attached hydrogens (tertiary/aromatic N) is 3. The Morgan fingerprint density at radius 3 is 2.45 bits per heavy atom. The Balaban J connectivity index is 1.87. The largest absolute Gasteiger partial charge is 0.496 e. The minimum atomic E-state index is -1.06. The molecular formula is C28H29N3O6S. The van der Waals surface area contributed by atoms with E-state index < -0.39 is 18.6 Å². The number of hydrogen-bond donors (Lipinski definition) is 1. The molecule has 1 N–H and O–H groups in total. The number of ether oxygens (including phenoxy) is 2. The number of methoxy groups -OCH3 is 1. The number of hydrogen-bond acceptors (Lipinski definition) is 7. The Morgan fingerprint density at radius 1 is 1.13 bits per heavy atom. The lowest BCUT2D eigenvalue weighted by atomic mass is 9.94. The number of fused-ring (bicyclic) bond motifs is 1. The summed E-state index contributed by atoms with van der Waals surface area (Å²) >= 11 is 1.24. The van der Waals surface area contributed by atoms with Crippen molar-refractivity contribution < 1.29 is 24.2 Å². The summed E-state index contributed by atoms with van der Waals surface area (Å²) in [6.07, 6.45) is 1.75. The van der Waals surface area contributed by atoms with E-state index >= 15 is 0 Å². The van der Waals surface area contributed by atoms with Crippen molar-refractivity contribution >= 4 is 29.3 Å². The summed E-state index contributed by atoms with van der Waals surface area (Å²) in [7, 11) is 1.56. The number of rotatable bonds is 9. The maximum atomic E-state index is 13.8. The number of likely N-dealkylation sites (N-methyl/N-ethyl adjacent to an activating group) is 1. The van der Waals surface area contributed by atoms with Gasteiger partial charge < -0.3 is 19.5 Å². The lowest BCUT2D eigenvalue weighted by molar-refractivity contribution is -0.139. The minimum Gasteiger partial charge on any atom is -0.496 e. The van der Waals surface area contributed by atoms with Crippen LogP contribution in [0.1, 0.15) is 37.9 Å². The maximum absolute atomic E-state index is 13.8. The van der Waals surface area contributed by atoms with Crippen LogP contribution in [0.25, 0.3) is 6.08 Å². The summed E-state index contributed by atoms with van der Waals surface area (Å²) in [4.78, 5) is 45.2. The molecule has 1 aliphatic rings. The normalized spacial score (nSPS) is 15.1. The number of carbonyl (C=O) groups excluding carboxylic acids is 1. The van der Waals surface area contributed by atoms with Gasteiger partial charge in [0.15, 0.2) is 11.4 Å². The Bertz CT molecular complexity index is 1560. The van der Waals surface area contributed by atoms with Gasteiger partial charge in [-0.15, -0.1) is 0 Å². The number of allylic oxidation sites excluding steroid dienone is 1. The fraction of sp³-hybridized carbons (Fsp3) is 0.286. The Hall–Kier alpha value is -4.18. The minimum absolute atomic E-state index is 0.168. The number of carbonyl (C=O) groups is 2. The van der Waals surface area contributed by atoms with E-state index in [-0.39, 0.29) is 11.5 Å². The summed E-state index contributed by atoms with van der Waals surface area (Å²) in [5.74, 6) is -0.242. The molecule has 3 aromatic rings. The van der Waals surface area contributed by atoms with Crippen molar-refractivity contribution in [1.82, 2.24) is 9.47 Å². The van der Waals surface area contributed by atoms with Gasteiger partial charge in [0.25, 0.3) is 11.5 Å². The number of thiazole rings is 1. The molecule has 0 aliphatic carbocycles. The van der Waals surface area contributed by atoms with Crippen LogP contribution < -0.4 is 24.4 Å². The molecular weight excluding hydrogens is 506 g/mol. The van der Waals surface area contributed by atoms with Crippen LogP contribution in [0.4, 0.5) is 0 Å². The zero-order chi connectivity index (χ0) is 27.4. The van der Waals surface area contributed by atoms with Gasteiger partial charge in [-0.05, 0) is 50.6 Å². The maximum Gasteiger partial charge on any atom is 0.341 e. The van der Waals surface area contributed by atoms with E-state index in [1.165, 1.54) is 11.3 Å². The quantitative estimate of drug-likeness (QED) is 0.451. The number of carboxylic acid groups (broad SMARTS) is 1. The van der Waals surface area contributed by atoms with E-state index in [0.717, 1.165) is 5.56 Å². The van der Waals surface area contributed by atoms with Crippen molar-refractivity contribution in [2.24, 2.45) is 4.99 Å². The van der Waals surface area contributed by atoms with Gasteiger partial charge in [0.2, 0.25) is 0 Å². The van der Waals surface area contributed by atoms with Crippen molar-refractivity contribution in [3.05, 3.63) is 90.6 Å². The molecule has 2 heterocycles. The number of para-hydroxylation sites is 1. The molecule has 10 heteroatoms. The molecule has 4 rings (SSSR count). The van der Waals surface area contributed by atoms with Crippen LogP contribution in [0.5, 0.6) is 11.5 Å². The second kappa shape index (κ2) is 11.5. The summed E-state index contributed by atoms with van der Waals surface area (Å²) in [6.45, 7) is 6.26. The highest BCUT2D eigenvalue weighted by atomic mass is 32.1. The third kappa shape index (κ3) is 5.26. The first kappa shape index (κ1) is 26.9. The van der Waals surface area contributed by atoms with E-state index in [0.29, 0.717) is 50.8 Å². The molecule has 1 amide bonds. The Morgan fingerprint density at radius 2 is 1.82 bits per heavy atom. The van der Waals surface area contributed by atoms with Crippen LogP contribution in [-0.2, 0) is 9.59 Å². The molecule has 0 spiro atoms.